The van der Waals surface area contributed by atoms with Gasteiger partial charge >= 0.3 is 0 Å². The lowest BCUT2D eigenvalue weighted by Crippen LogP contribution is -2.42. The Morgan fingerprint density at radius 1 is 1.07 bits per heavy atom. The van der Waals surface area contributed by atoms with Gasteiger partial charge in [-0.2, -0.15) is 0 Å². The number of hydrogen-bond acceptors (Lipinski definition) is 3. The first-order valence-electron chi connectivity index (χ1n) is 9.64. The molecule has 28 heavy (non-hydrogen) atoms. The lowest BCUT2D eigenvalue weighted by Gasteiger charge is -2.20. The number of guanidine groups is 1. The molecule has 2 aromatic rings. The standard InChI is InChI=1S/C22H29N3O2S/c1-17-6-4-5-7-20(17)22(13-14-22)16-25-21(23-2)24-15-12-18-8-10-19(11-9-18)28(3,26)27/h4-11H,12-16H2,1-3H3,(H2,23,24,25). The third kappa shape index (κ3) is 4.93. The molecule has 0 unspecified atom stereocenters. The van der Waals surface area contributed by atoms with Crippen molar-refractivity contribution in [3.63, 3.8) is 0 Å². The maximum absolute atomic E-state index is 11.5. The molecule has 6 heteroatoms. The minimum Gasteiger partial charge on any atom is -0.356 e. The molecule has 2 aromatic carbocycles. The molecule has 150 valence electrons. The van der Waals surface area contributed by atoms with Crippen LogP contribution in [-0.4, -0.2) is 40.8 Å². The Bertz CT molecular complexity index is 946. The summed E-state index contributed by atoms with van der Waals surface area (Å²) in [5, 5.41) is 6.82. The average molecular weight is 400 g/mol. The lowest BCUT2D eigenvalue weighted by molar-refractivity contribution is 0.602. The van der Waals surface area contributed by atoms with E-state index in [1.807, 2.05) is 12.1 Å². The van der Waals surface area contributed by atoms with Gasteiger partial charge in [0, 0.05) is 31.8 Å². The lowest BCUT2D eigenvalue weighted by atomic mass is 9.92. The molecule has 1 saturated carbocycles. The second kappa shape index (κ2) is 8.35. The Hall–Kier alpha value is -2.34. The van der Waals surface area contributed by atoms with E-state index < -0.39 is 9.84 Å². The van der Waals surface area contributed by atoms with Crippen molar-refractivity contribution < 1.29 is 8.42 Å². The second-order valence-corrected chi connectivity index (χ2v) is 9.63. The number of sulfone groups is 1. The topological polar surface area (TPSA) is 70.6 Å². The van der Waals surface area contributed by atoms with Crippen molar-refractivity contribution in [3.05, 3.63) is 65.2 Å². The molecule has 2 N–H and O–H groups in total. The van der Waals surface area contributed by atoms with Gasteiger partial charge in [0.15, 0.2) is 15.8 Å². The van der Waals surface area contributed by atoms with Gasteiger partial charge in [0.2, 0.25) is 0 Å². The van der Waals surface area contributed by atoms with Crippen LogP contribution in [0, 0.1) is 6.92 Å². The van der Waals surface area contributed by atoms with Crippen LogP contribution in [0.3, 0.4) is 0 Å². The van der Waals surface area contributed by atoms with Crippen LogP contribution in [0.1, 0.15) is 29.5 Å². The van der Waals surface area contributed by atoms with Gasteiger partial charge < -0.3 is 10.6 Å². The van der Waals surface area contributed by atoms with Gasteiger partial charge in [-0.3, -0.25) is 4.99 Å². The van der Waals surface area contributed by atoms with E-state index in [9.17, 15) is 8.42 Å². The van der Waals surface area contributed by atoms with Gasteiger partial charge in [-0.05, 0) is 55.0 Å². The number of nitrogens with one attached hydrogen (secondary N) is 2. The molecule has 0 radical (unpaired) electrons. The minimum absolute atomic E-state index is 0.227. The molecule has 1 fully saturated rings. The zero-order valence-corrected chi connectivity index (χ0v) is 17.6. The smallest absolute Gasteiger partial charge is 0.191 e. The van der Waals surface area contributed by atoms with Crippen molar-refractivity contribution in [1.82, 2.24) is 10.6 Å². The molecule has 1 aliphatic carbocycles. The Morgan fingerprint density at radius 3 is 2.32 bits per heavy atom. The number of nitrogens with zero attached hydrogens (tertiary/aromatic N) is 1. The van der Waals surface area contributed by atoms with Crippen molar-refractivity contribution in [2.24, 2.45) is 4.99 Å². The van der Waals surface area contributed by atoms with Gasteiger partial charge in [-0.25, -0.2) is 8.42 Å². The van der Waals surface area contributed by atoms with E-state index in [1.165, 1.54) is 30.2 Å². The molecule has 0 amide bonds. The predicted octanol–water partition coefficient (Wildman–Crippen LogP) is 2.84. The number of aryl methyl sites for hydroxylation is 1. The van der Waals surface area contributed by atoms with Crippen molar-refractivity contribution in [2.75, 3.05) is 26.4 Å². The summed E-state index contributed by atoms with van der Waals surface area (Å²) in [7, 11) is -1.36. The summed E-state index contributed by atoms with van der Waals surface area (Å²) in [5.74, 6) is 0.799. The van der Waals surface area contributed by atoms with Crippen LogP contribution in [0.2, 0.25) is 0 Å². The van der Waals surface area contributed by atoms with Crippen LogP contribution in [0.25, 0.3) is 0 Å². The molecule has 3 rings (SSSR count). The summed E-state index contributed by atoms with van der Waals surface area (Å²) in [4.78, 5) is 4.68. The normalized spacial score (nSPS) is 15.9. The molecule has 0 aromatic heterocycles. The Morgan fingerprint density at radius 2 is 1.75 bits per heavy atom. The van der Waals surface area contributed by atoms with E-state index in [1.54, 1.807) is 19.2 Å². The third-order valence-corrected chi connectivity index (χ3v) is 6.57. The van der Waals surface area contributed by atoms with Crippen LogP contribution in [0.4, 0.5) is 0 Å². The van der Waals surface area contributed by atoms with Crippen LogP contribution in [-0.2, 0) is 21.7 Å². The van der Waals surface area contributed by atoms with E-state index in [0.29, 0.717) is 4.90 Å². The highest BCUT2D eigenvalue weighted by molar-refractivity contribution is 7.90. The molecule has 0 spiro atoms. The molecular weight excluding hydrogens is 370 g/mol. The molecule has 0 heterocycles. The Labute approximate surface area is 168 Å². The SMILES string of the molecule is CN=C(NCCc1ccc(S(C)(=O)=O)cc1)NCC1(c2ccccc2C)CC1. The van der Waals surface area contributed by atoms with E-state index >= 15 is 0 Å². The minimum atomic E-state index is -3.14. The molecule has 0 atom stereocenters. The highest BCUT2D eigenvalue weighted by atomic mass is 32.2. The zero-order valence-electron chi connectivity index (χ0n) is 16.8. The summed E-state index contributed by atoms with van der Waals surface area (Å²) in [6.45, 7) is 3.79. The van der Waals surface area contributed by atoms with E-state index in [-0.39, 0.29) is 5.41 Å². The predicted molar refractivity (Wildman–Crippen MR) is 115 cm³/mol. The second-order valence-electron chi connectivity index (χ2n) is 7.61. The summed E-state index contributed by atoms with van der Waals surface area (Å²) < 4.78 is 23.1. The van der Waals surface area contributed by atoms with Crippen LogP contribution >= 0.6 is 0 Å². The summed E-state index contributed by atoms with van der Waals surface area (Å²) in [6.07, 6.45) is 4.43. The van der Waals surface area contributed by atoms with Gasteiger partial charge in [-0.15, -0.1) is 0 Å². The van der Waals surface area contributed by atoms with Gasteiger partial charge in [0.1, 0.15) is 0 Å². The van der Waals surface area contributed by atoms with Crippen molar-refractivity contribution in [3.8, 4) is 0 Å². The molecule has 5 nitrogen and oxygen atoms in total. The molecule has 0 bridgehead atoms. The monoisotopic (exact) mass is 399 g/mol. The number of benzene rings is 2. The molecule has 0 saturated heterocycles. The largest absolute Gasteiger partial charge is 0.356 e. The van der Waals surface area contributed by atoms with E-state index in [4.69, 9.17) is 0 Å². The van der Waals surface area contributed by atoms with Crippen molar-refractivity contribution in [2.45, 2.75) is 36.5 Å². The number of hydrogen-bond donors (Lipinski definition) is 2. The van der Waals surface area contributed by atoms with Crippen LogP contribution < -0.4 is 10.6 Å². The van der Waals surface area contributed by atoms with Crippen LogP contribution in [0.5, 0.6) is 0 Å². The maximum atomic E-state index is 11.5. The molecular formula is C22H29N3O2S. The van der Waals surface area contributed by atoms with Crippen LogP contribution in [0.15, 0.2) is 58.4 Å². The summed E-state index contributed by atoms with van der Waals surface area (Å²) >= 11 is 0. The van der Waals surface area contributed by atoms with Crippen molar-refractivity contribution >= 4 is 15.8 Å². The zero-order chi connectivity index (χ0) is 20.2. The molecule has 1 aliphatic rings. The Balaban J connectivity index is 1.50. The third-order valence-electron chi connectivity index (χ3n) is 5.45. The van der Waals surface area contributed by atoms with Gasteiger partial charge in [0.05, 0.1) is 4.90 Å². The first-order chi connectivity index (χ1) is 13.3. The number of aliphatic imine (C=N–C) groups is 1. The average Bonchev–Trinajstić information content (AvgIpc) is 3.45. The fourth-order valence-electron chi connectivity index (χ4n) is 3.56. The molecule has 0 aliphatic heterocycles. The summed E-state index contributed by atoms with van der Waals surface area (Å²) in [6, 6.07) is 15.7. The van der Waals surface area contributed by atoms with Crippen molar-refractivity contribution in [1.29, 1.82) is 0 Å². The first kappa shape index (κ1) is 20.4. The highest BCUT2D eigenvalue weighted by Crippen LogP contribution is 2.48. The van der Waals surface area contributed by atoms with Gasteiger partial charge in [0.25, 0.3) is 0 Å². The van der Waals surface area contributed by atoms with Gasteiger partial charge in [-0.1, -0.05) is 36.4 Å². The first-order valence-corrected chi connectivity index (χ1v) is 11.5. The fourth-order valence-corrected chi connectivity index (χ4v) is 4.19. The maximum Gasteiger partial charge on any atom is 0.191 e. The Kier molecular flexibility index (Phi) is 6.08. The fraction of sp³-hybridized carbons (Fsp3) is 0.409. The van der Waals surface area contributed by atoms with E-state index in [2.05, 4.69) is 46.8 Å². The summed E-state index contributed by atoms with van der Waals surface area (Å²) in [5.41, 5.74) is 4.10. The highest BCUT2D eigenvalue weighted by Gasteiger charge is 2.44. The van der Waals surface area contributed by atoms with E-state index in [0.717, 1.165) is 31.0 Å². The quantitative estimate of drug-likeness (QED) is 0.555. The number of rotatable bonds is 7.